The fourth-order valence-electron chi connectivity index (χ4n) is 1.57. The molecule has 0 bridgehead atoms. The third-order valence-corrected chi connectivity index (χ3v) is 2.96. The quantitative estimate of drug-likeness (QED) is 0.840. The van der Waals surface area contributed by atoms with Gasteiger partial charge in [0.2, 0.25) is 5.91 Å². The van der Waals surface area contributed by atoms with Gasteiger partial charge in [0.1, 0.15) is 0 Å². The summed E-state index contributed by atoms with van der Waals surface area (Å²) >= 11 is 0. The van der Waals surface area contributed by atoms with Crippen LogP contribution in [-0.4, -0.2) is 35.5 Å². The molecule has 1 atom stereocenters. The molecule has 0 aliphatic heterocycles. The SMILES string of the molecule is CC(C)N(C)CC(=O)Nc1ccccc1[C@H](C)O. The van der Waals surface area contributed by atoms with Gasteiger partial charge in [-0.1, -0.05) is 18.2 Å². The fraction of sp³-hybridized carbons (Fsp3) is 0.500. The molecule has 0 aromatic heterocycles. The number of amides is 1. The van der Waals surface area contributed by atoms with E-state index in [0.29, 0.717) is 18.3 Å². The monoisotopic (exact) mass is 250 g/mol. The van der Waals surface area contributed by atoms with Gasteiger partial charge in [0.25, 0.3) is 0 Å². The van der Waals surface area contributed by atoms with Crippen molar-refractivity contribution in [1.82, 2.24) is 4.90 Å². The van der Waals surface area contributed by atoms with Crippen molar-refractivity contribution in [2.45, 2.75) is 32.9 Å². The molecule has 1 aromatic carbocycles. The number of hydrogen-bond donors (Lipinski definition) is 2. The maximum absolute atomic E-state index is 11.9. The van der Waals surface area contributed by atoms with Crippen molar-refractivity contribution < 1.29 is 9.90 Å². The molecule has 100 valence electrons. The number of aliphatic hydroxyl groups excluding tert-OH is 1. The number of para-hydroxylation sites is 1. The summed E-state index contributed by atoms with van der Waals surface area (Å²) in [5, 5.41) is 12.5. The molecule has 18 heavy (non-hydrogen) atoms. The Balaban J connectivity index is 2.70. The molecule has 0 aliphatic rings. The van der Waals surface area contributed by atoms with E-state index in [9.17, 15) is 9.90 Å². The van der Waals surface area contributed by atoms with E-state index in [1.54, 1.807) is 13.0 Å². The molecule has 1 aromatic rings. The lowest BCUT2D eigenvalue weighted by Crippen LogP contribution is -2.35. The van der Waals surface area contributed by atoms with Crippen LogP contribution in [0.3, 0.4) is 0 Å². The van der Waals surface area contributed by atoms with Gasteiger partial charge in [-0.2, -0.15) is 0 Å². The molecule has 0 radical (unpaired) electrons. The Morgan fingerprint density at radius 3 is 2.50 bits per heavy atom. The summed E-state index contributed by atoms with van der Waals surface area (Å²) in [6.07, 6.45) is -0.593. The van der Waals surface area contributed by atoms with Crippen molar-refractivity contribution in [3.05, 3.63) is 29.8 Å². The van der Waals surface area contributed by atoms with E-state index in [2.05, 4.69) is 5.32 Å². The van der Waals surface area contributed by atoms with Crippen LogP contribution in [0.4, 0.5) is 5.69 Å². The summed E-state index contributed by atoms with van der Waals surface area (Å²) in [4.78, 5) is 13.8. The van der Waals surface area contributed by atoms with Gasteiger partial charge < -0.3 is 10.4 Å². The minimum atomic E-state index is -0.593. The van der Waals surface area contributed by atoms with Gasteiger partial charge in [-0.25, -0.2) is 0 Å². The van der Waals surface area contributed by atoms with E-state index in [0.717, 1.165) is 5.56 Å². The van der Waals surface area contributed by atoms with E-state index < -0.39 is 6.10 Å². The molecule has 0 aliphatic carbocycles. The molecule has 1 rings (SSSR count). The number of likely N-dealkylation sites (N-methyl/N-ethyl adjacent to an activating group) is 1. The summed E-state index contributed by atoms with van der Waals surface area (Å²) < 4.78 is 0. The molecule has 4 heteroatoms. The highest BCUT2D eigenvalue weighted by molar-refractivity contribution is 5.93. The number of benzene rings is 1. The van der Waals surface area contributed by atoms with Crippen molar-refractivity contribution in [2.75, 3.05) is 18.9 Å². The standard InChI is InChI=1S/C14H22N2O2/c1-10(2)16(4)9-14(18)15-13-8-6-5-7-12(13)11(3)17/h5-8,10-11,17H,9H2,1-4H3,(H,15,18)/t11-/m0/s1. The van der Waals surface area contributed by atoms with Gasteiger partial charge in [-0.05, 0) is 33.9 Å². The minimum Gasteiger partial charge on any atom is -0.389 e. The molecular weight excluding hydrogens is 228 g/mol. The third kappa shape index (κ3) is 4.13. The lowest BCUT2D eigenvalue weighted by atomic mass is 10.1. The van der Waals surface area contributed by atoms with Gasteiger partial charge >= 0.3 is 0 Å². The molecule has 0 unspecified atom stereocenters. The highest BCUT2D eigenvalue weighted by Gasteiger charge is 2.12. The van der Waals surface area contributed by atoms with E-state index in [1.807, 2.05) is 44.0 Å². The zero-order valence-electron chi connectivity index (χ0n) is 11.5. The lowest BCUT2D eigenvalue weighted by Gasteiger charge is -2.21. The van der Waals surface area contributed by atoms with Crippen LogP contribution in [0.25, 0.3) is 0 Å². The molecule has 0 fully saturated rings. The van der Waals surface area contributed by atoms with E-state index in [1.165, 1.54) is 0 Å². The molecule has 0 spiro atoms. The Morgan fingerprint density at radius 2 is 1.94 bits per heavy atom. The summed E-state index contributed by atoms with van der Waals surface area (Å²) in [6.45, 7) is 6.10. The first kappa shape index (κ1) is 14.7. The van der Waals surface area contributed by atoms with E-state index >= 15 is 0 Å². The summed E-state index contributed by atoms with van der Waals surface area (Å²) in [6, 6.07) is 7.62. The first-order chi connectivity index (χ1) is 8.41. The average molecular weight is 250 g/mol. The number of aliphatic hydroxyl groups is 1. The van der Waals surface area contributed by atoms with Crippen LogP contribution in [0, 0.1) is 0 Å². The van der Waals surface area contributed by atoms with Gasteiger partial charge in [0, 0.05) is 17.3 Å². The van der Waals surface area contributed by atoms with Gasteiger partial charge in [0.15, 0.2) is 0 Å². The predicted octanol–water partition coefficient (Wildman–Crippen LogP) is 2.02. The molecule has 0 saturated carbocycles. The number of anilines is 1. The highest BCUT2D eigenvalue weighted by atomic mass is 16.3. The number of nitrogens with one attached hydrogen (secondary N) is 1. The maximum Gasteiger partial charge on any atom is 0.238 e. The van der Waals surface area contributed by atoms with Crippen molar-refractivity contribution in [3.63, 3.8) is 0 Å². The second-order valence-corrected chi connectivity index (χ2v) is 4.82. The molecule has 4 nitrogen and oxygen atoms in total. The van der Waals surface area contributed by atoms with Crippen LogP contribution in [0.1, 0.15) is 32.4 Å². The predicted molar refractivity (Wildman–Crippen MR) is 73.5 cm³/mol. The van der Waals surface area contributed by atoms with Crippen molar-refractivity contribution in [1.29, 1.82) is 0 Å². The number of nitrogens with zero attached hydrogens (tertiary/aromatic N) is 1. The largest absolute Gasteiger partial charge is 0.389 e. The zero-order valence-corrected chi connectivity index (χ0v) is 11.5. The first-order valence-corrected chi connectivity index (χ1v) is 6.19. The molecule has 0 saturated heterocycles. The second-order valence-electron chi connectivity index (χ2n) is 4.82. The fourth-order valence-corrected chi connectivity index (χ4v) is 1.57. The summed E-state index contributed by atoms with van der Waals surface area (Å²) in [7, 11) is 1.91. The van der Waals surface area contributed by atoms with Crippen LogP contribution in [0.2, 0.25) is 0 Å². The van der Waals surface area contributed by atoms with Crippen molar-refractivity contribution >= 4 is 11.6 Å². The number of carbonyl (C=O) groups excluding carboxylic acids is 1. The van der Waals surface area contributed by atoms with Crippen LogP contribution in [0.15, 0.2) is 24.3 Å². The number of hydrogen-bond acceptors (Lipinski definition) is 3. The zero-order chi connectivity index (χ0) is 13.7. The van der Waals surface area contributed by atoms with E-state index in [4.69, 9.17) is 0 Å². The smallest absolute Gasteiger partial charge is 0.238 e. The maximum atomic E-state index is 11.9. The Morgan fingerprint density at radius 1 is 1.33 bits per heavy atom. The topological polar surface area (TPSA) is 52.6 Å². The molecule has 2 N–H and O–H groups in total. The Kier molecular flexibility index (Phi) is 5.31. The number of rotatable bonds is 5. The van der Waals surface area contributed by atoms with E-state index in [-0.39, 0.29) is 5.91 Å². The number of carbonyl (C=O) groups is 1. The highest BCUT2D eigenvalue weighted by Crippen LogP contribution is 2.22. The normalized spacial score (nSPS) is 12.8. The summed E-state index contributed by atoms with van der Waals surface area (Å²) in [5.41, 5.74) is 1.41. The molecule has 0 heterocycles. The Labute approximate surface area is 109 Å². The summed E-state index contributed by atoms with van der Waals surface area (Å²) in [5.74, 6) is -0.0701. The average Bonchev–Trinajstić information content (AvgIpc) is 2.28. The minimum absolute atomic E-state index is 0.0701. The van der Waals surface area contributed by atoms with Gasteiger partial charge in [-0.15, -0.1) is 0 Å². The Bertz CT molecular complexity index is 403. The second kappa shape index (κ2) is 6.52. The lowest BCUT2D eigenvalue weighted by molar-refractivity contribution is -0.117. The van der Waals surface area contributed by atoms with Crippen LogP contribution >= 0.6 is 0 Å². The third-order valence-electron chi connectivity index (χ3n) is 2.96. The van der Waals surface area contributed by atoms with Crippen LogP contribution < -0.4 is 5.32 Å². The van der Waals surface area contributed by atoms with Gasteiger partial charge in [-0.3, -0.25) is 9.69 Å². The Hall–Kier alpha value is -1.39. The van der Waals surface area contributed by atoms with Crippen LogP contribution in [-0.2, 0) is 4.79 Å². The first-order valence-electron chi connectivity index (χ1n) is 6.19. The van der Waals surface area contributed by atoms with Crippen molar-refractivity contribution in [3.8, 4) is 0 Å². The van der Waals surface area contributed by atoms with Crippen LogP contribution in [0.5, 0.6) is 0 Å². The molecular formula is C14H22N2O2. The molecule has 1 amide bonds. The van der Waals surface area contributed by atoms with Crippen molar-refractivity contribution in [2.24, 2.45) is 0 Å². The van der Waals surface area contributed by atoms with Gasteiger partial charge in [0.05, 0.1) is 12.6 Å².